The first-order valence-corrected chi connectivity index (χ1v) is 6.48. The first-order valence-electron chi connectivity index (χ1n) is 6.48. The Labute approximate surface area is 119 Å². The van der Waals surface area contributed by atoms with Crippen LogP contribution in [0.15, 0.2) is 24.3 Å². The molecule has 6 heteroatoms. The summed E-state index contributed by atoms with van der Waals surface area (Å²) in [6, 6.07) is 7.65. The van der Waals surface area contributed by atoms with Crippen molar-refractivity contribution in [3.8, 4) is 0 Å². The normalized spacial score (nSPS) is 10.5. The third-order valence-corrected chi connectivity index (χ3v) is 2.62. The van der Waals surface area contributed by atoms with Crippen LogP contribution in [0.4, 0.5) is 0 Å². The molecule has 0 bridgehead atoms. The number of hydrogen-bond acceptors (Lipinski definition) is 5. The van der Waals surface area contributed by atoms with Crippen molar-refractivity contribution in [3.63, 3.8) is 0 Å². The summed E-state index contributed by atoms with van der Waals surface area (Å²) in [5, 5.41) is 0. The SMILES string of the molecule is COCCOCCOCc1ccc(CC(=O)NN)cc1. The summed E-state index contributed by atoms with van der Waals surface area (Å²) in [5.41, 5.74) is 4.08. The highest BCUT2D eigenvalue weighted by Crippen LogP contribution is 2.06. The fourth-order valence-electron chi connectivity index (χ4n) is 1.54. The second-order valence-electron chi connectivity index (χ2n) is 4.22. The molecule has 0 saturated carbocycles. The first kappa shape index (κ1) is 16.6. The van der Waals surface area contributed by atoms with Gasteiger partial charge in [0.1, 0.15) is 0 Å². The topological polar surface area (TPSA) is 82.8 Å². The van der Waals surface area contributed by atoms with Crippen molar-refractivity contribution < 1.29 is 19.0 Å². The van der Waals surface area contributed by atoms with E-state index < -0.39 is 0 Å². The number of nitrogens with one attached hydrogen (secondary N) is 1. The van der Waals surface area contributed by atoms with Gasteiger partial charge in [-0.3, -0.25) is 10.2 Å². The van der Waals surface area contributed by atoms with Gasteiger partial charge in [0.05, 0.1) is 39.5 Å². The van der Waals surface area contributed by atoms with Gasteiger partial charge < -0.3 is 14.2 Å². The van der Waals surface area contributed by atoms with Gasteiger partial charge >= 0.3 is 0 Å². The van der Waals surface area contributed by atoms with Gasteiger partial charge in [0.15, 0.2) is 0 Å². The van der Waals surface area contributed by atoms with Crippen LogP contribution in [-0.4, -0.2) is 39.4 Å². The van der Waals surface area contributed by atoms with E-state index in [1.165, 1.54) is 0 Å². The predicted molar refractivity (Wildman–Crippen MR) is 74.8 cm³/mol. The van der Waals surface area contributed by atoms with Crippen molar-refractivity contribution in [2.24, 2.45) is 5.84 Å². The summed E-state index contributed by atoms with van der Waals surface area (Å²) >= 11 is 0. The fourth-order valence-corrected chi connectivity index (χ4v) is 1.54. The molecule has 0 atom stereocenters. The quantitative estimate of drug-likeness (QED) is 0.281. The molecule has 1 aromatic carbocycles. The summed E-state index contributed by atoms with van der Waals surface area (Å²) in [5.74, 6) is 4.83. The monoisotopic (exact) mass is 282 g/mol. The Morgan fingerprint density at radius 1 is 1.05 bits per heavy atom. The molecule has 0 aromatic heterocycles. The third kappa shape index (κ3) is 7.20. The van der Waals surface area contributed by atoms with Crippen molar-refractivity contribution >= 4 is 5.91 Å². The van der Waals surface area contributed by atoms with Crippen LogP contribution < -0.4 is 11.3 Å². The minimum absolute atomic E-state index is 0.206. The van der Waals surface area contributed by atoms with Gasteiger partial charge in [-0.05, 0) is 11.1 Å². The maximum Gasteiger partial charge on any atom is 0.238 e. The summed E-state index contributed by atoms with van der Waals surface area (Å²) in [4.78, 5) is 11.1. The highest BCUT2D eigenvalue weighted by atomic mass is 16.5. The van der Waals surface area contributed by atoms with Crippen molar-refractivity contribution in [2.75, 3.05) is 33.5 Å². The lowest BCUT2D eigenvalue weighted by atomic mass is 10.1. The minimum atomic E-state index is -0.206. The van der Waals surface area contributed by atoms with E-state index in [4.69, 9.17) is 20.1 Å². The molecular weight excluding hydrogens is 260 g/mol. The van der Waals surface area contributed by atoms with Gasteiger partial charge in [-0.25, -0.2) is 5.84 Å². The number of amides is 1. The van der Waals surface area contributed by atoms with E-state index >= 15 is 0 Å². The second-order valence-corrected chi connectivity index (χ2v) is 4.22. The van der Waals surface area contributed by atoms with E-state index in [9.17, 15) is 4.79 Å². The number of carbonyl (C=O) groups is 1. The largest absolute Gasteiger partial charge is 0.382 e. The summed E-state index contributed by atoms with van der Waals surface area (Å²) in [6.45, 7) is 2.80. The van der Waals surface area contributed by atoms with Crippen molar-refractivity contribution in [3.05, 3.63) is 35.4 Å². The predicted octanol–water partition coefficient (Wildman–Crippen LogP) is 0.399. The molecule has 1 rings (SSSR count). The summed E-state index contributed by atoms with van der Waals surface area (Å²) in [6.07, 6.45) is 0.283. The molecule has 0 aliphatic heterocycles. The van der Waals surface area contributed by atoms with Crippen molar-refractivity contribution in [2.45, 2.75) is 13.0 Å². The van der Waals surface area contributed by atoms with Gasteiger partial charge in [-0.2, -0.15) is 0 Å². The third-order valence-electron chi connectivity index (χ3n) is 2.62. The molecular formula is C14H22N2O4. The number of nitrogens with two attached hydrogens (primary N) is 1. The zero-order valence-corrected chi connectivity index (χ0v) is 11.8. The molecule has 0 unspecified atom stereocenters. The zero-order valence-electron chi connectivity index (χ0n) is 11.8. The Hall–Kier alpha value is -1.47. The molecule has 0 saturated heterocycles. The molecule has 0 radical (unpaired) electrons. The Morgan fingerprint density at radius 3 is 2.30 bits per heavy atom. The highest BCUT2D eigenvalue weighted by Gasteiger charge is 2.01. The molecule has 0 spiro atoms. The number of ether oxygens (including phenoxy) is 3. The van der Waals surface area contributed by atoms with E-state index in [-0.39, 0.29) is 12.3 Å². The van der Waals surface area contributed by atoms with Gasteiger partial charge in [-0.1, -0.05) is 24.3 Å². The molecule has 0 aliphatic rings. The van der Waals surface area contributed by atoms with Gasteiger partial charge in [0.2, 0.25) is 5.91 Å². The van der Waals surface area contributed by atoms with E-state index in [2.05, 4.69) is 5.43 Å². The average molecular weight is 282 g/mol. The Kier molecular flexibility index (Phi) is 8.57. The molecule has 6 nitrogen and oxygen atoms in total. The molecule has 20 heavy (non-hydrogen) atoms. The van der Waals surface area contributed by atoms with E-state index in [0.717, 1.165) is 11.1 Å². The number of carbonyl (C=O) groups excluding carboxylic acids is 1. The maximum atomic E-state index is 11.1. The lowest BCUT2D eigenvalue weighted by Gasteiger charge is -2.06. The van der Waals surface area contributed by atoms with Crippen LogP contribution in [0.5, 0.6) is 0 Å². The Balaban J connectivity index is 2.16. The first-order chi connectivity index (χ1) is 9.76. The summed E-state index contributed by atoms with van der Waals surface area (Å²) in [7, 11) is 1.64. The van der Waals surface area contributed by atoms with Crippen molar-refractivity contribution in [1.29, 1.82) is 0 Å². The Morgan fingerprint density at radius 2 is 1.65 bits per heavy atom. The Bertz CT molecular complexity index is 381. The minimum Gasteiger partial charge on any atom is -0.382 e. The van der Waals surface area contributed by atoms with E-state index in [1.807, 2.05) is 24.3 Å². The molecule has 0 aliphatic carbocycles. The van der Waals surface area contributed by atoms with Crippen LogP contribution in [0.2, 0.25) is 0 Å². The molecule has 0 fully saturated rings. The standard InChI is InChI=1S/C14H22N2O4/c1-18-6-7-19-8-9-20-11-13-4-2-12(3-5-13)10-14(17)16-15/h2-5H,6-11,15H2,1H3,(H,16,17). The van der Waals surface area contributed by atoms with Crippen molar-refractivity contribution in [1.82, 2.24) is 5.43 Å². The lowest BCUT2D eigenvalue weighted by molar-refractivity contribution is -0.120. The van der Waals surface area contributed by atoms with Gasteiger partial charge in [-0.15, -0.1) is 0 Å². The van der Waals surface area contributed by atoms with Gasteiger partial charge in [0.25, 0.3) is 0 Å². The second kappa shape index (κ2) is 10.3. The number of rotatable bonds is 10. The molecule has 1 aromatic rings. The molecule has 112 valence electrons. The van der Waals surface area contributed by atoms with Crippen LogP contribution in [-0.2, 0) is 32.0 Å². The van der Waals surface area contributed by atoms with Crippen LogP contribution in [0.3, 0.4) is 0 Å². The number of methoxy groups -OCH3 is 1. The van der Waals surface area contributed by atoms with Gasteiger partial charge in [0, 0.05) is 7.11 Å². The number of hydrazine groups is 1. The van der Waals surface area contributed by atoms with Crippen LogP contribution in [0.1, 0.15) is 11.1 Å². The summed E-state index contributed by atoms with van der Waals surface area (Å²) < 4.78 is 15.6. The molecule has 1 amide bonds. The lowest BCUT2D eigenvalue weighted by Crippen LogP contribution is -2.31. The van der Waals surface area contributed by atoms with E-state index in [1.54, 1.807) is 7.11 Å². The average Bonchev–Trinajstić information content (AvgIpc) is 2.48. The maximum absolute atomic E-state index is 11.1. The number of hydrogen-bond donors (Lipinski definition) is 2. The fraction of sp³-hybridized carbons (Fsp3) is 0.500. The number of benzene rings is 1. The highest BCUT2D eigenvalue weighted by molar-refractivity contribution is 5.77. The smallest absolute Gasteiger partial charge is 0.238 e. The van der Waals surface area contributed by atoms with Crippen LogP contribution in [0, 0.1) is 0 Å². The van der Waals surface area contributed by atoms with E-state index in [0.29, 0.717) is 33.0 Å². The molecule has 0 heterocycles. The van der Waals surface area contributed by atoms with Crippen LogP contribution >= 0.6 is 0 Å². The zero-order chi connectivity index (χ0) is 14.6. The molecule has 3 N–H and O–H groups in total. The van der Waals surface area contributed by atoms with Crippen LogP contribution in [0.25, 0.3) is 0 Å².